The van der Waals surface area contributed by atoms with Crippen molar-refractivity contribution in [3.63, 3.8) is 0 Å². The van der Waals surface area contributed by atoms with E-state index in [-0.39, 0.29) is 5.91 Å². The monoisotopic (exact) mass is 384 g/mol. The number of esters is 1. The molecule has 0 aliphatic carbocycles. The van der Waals surface area contributed by atoms with Gasteiger partial charge >= 0.3 is 5.97 Å². The van der Waals surface area contributed by atoms with Crippen molar-refractivity contribution in [2.45, 2.75) is 12.5 Å². The average molecular weight is 384 g/mol. The molecule has 0 radical (unpaired) electrons. The van der Waals surface area contributed by atoms with Gasteiger partial charge in [0.2, 0.25) is 0 Å². The van der Waals surface area contributed by atoms with Crippen LogP contribution in [0.5, 0.6) is 0 Å². The molecule has 0 bridgehead atoms. The van der Waals surface area contributed by atoms with E-state index in [0.29, 0.717) is 17.5 Å². The van der Waals surface area contributed by atoms with E-state index in [1.54, 1.807) is 18.3 Å². The summed E-state index contributed by atoms with van der Waals surface area (Å²) >= 11 is 0. The number of pyridine rings is 1. The maximum absolute atomic E-state index is 12.9. The number of nitrogens with zero attached hydrogens (tertiary/aromatic N) is 1. The molecule has 0 spiro atoms. The number of hydrogen-bond acceptors (Lipinski definition) is 4. The van der Waals surface area contributed by atoms with Crippen molar-refractivity contribution in [3.8, 4) is 0 Å². The topological polar surface area (TPSA) is 68.3 Å². The van der Waals surface area contributed by atoms with Crippen molar-refractivity contribution in [1.29, 1.82) is 0 Å². The number of carbonyl (C=O) groups excluding carboxylic acids is 2. The zero-order valence-corrected chi connectivity index (χ0v) is 16.0. The van der Waals surface area contributed by atoms with Crippen LogP contribution in [0.15, 0.2) is 79.0 Å². The van der Waals surface area contributed by atoms with Gasteiger partial charge in [0.1, 0.15) is 6.04 Å². The minimum Gasteiger partial charge on any atom is -0.467 e. The zero-order chi connectivity index (χ0) is 20.2. The van der Waals surface area contributed by atoms with Gasteiger partial charge in [-0.2, -0.15) is 0 Å². The molecule has 29 heavy (non-hydrogen) atoms. The van der Waals surface area contributed by atoms with Crippen LogP contribution in [0.25, 0.3) is 21.7 Å². The molecule has 0 fully saturated rings. The third-order valence-electron chi connectivity index (χ3n) is 4.92. The Kier molecular flexibility index (Phi) is 5.20. The molecule has 3 aromatic carbocycles. The first kappa shape index (κ1) is 18.6. The molecule has 144 valence electrons. The summed E-state index contributed by atoms with van der Waals surface area (Å²) in [6, 6.07) is 22.3. The molecule has 0 unspecified atom stereocenters. The van der Waals surface area contributed by atoms with Crippen LogP contribution in [-0.2, 0) is 16.0 Å². The quantitative estimate of drug-likeness (QED) is 0.530. The molecule has 1 heterocycles. The van der Waals surface area contributed by atoms with E-state index in [9.17, 15) is 9.59 Å². The summed E-state index contributed by atoms with van der Waals surface area (Å²) < 4.78 is 4.93. The highest BCUT2D eigenvalue weighted by Crippen LogP contribution is 2.18. The van der Waals surface area contributed by atoms with E-state index in [4.69, 9.17) is 4.74 Å². The maximum Gasteiger partial charge on any atom is 0.328 e. The lowest BCUT2D eigenvalue weighted by Gasteiger charge is -2.17. The third-order valence-corrected chi connectivity index (χ3v) is 4.92. The van der Waals surface area contributed by atoms with Crippen LogP contribution in [0, 0.1) is 0 Å². The second kappa shape index (κ2) is 8.10. The number of nitrogens with one attached hydrogen (secondary N) is 1. The molecule has 0 aliphatic heterocycles. The molecular weight excluding hydrogens is 364 g/mol. The van der Waals surface area contributed by atoms with Gasteiger partial charge in [-0.3, -0.25) is 9.78 Å². The summed E-state index contributed by atoms with van der Waals surface area (Å²) in [7, 11) is 1.32. The number of carbonyl (C=O) groups is 2. The molecule has 5 nitrogen and oxygen atoms in total. The summed E-state index contributed by atoms with van der Waals surface area (Å²) in [6.45, 7) is 0. The van der Waals surface area contributed by atoms with Crippen molar-refractivity contribution in [3.05, 3.63) is 90.1 Å². The van der Waals surface area contributed by atoms with Crippen LogP contribution >= 0.6 is 0 Å². The number of ether oxygens (including phenoxy) is 1. The molecule has 5 heteroatoms. The van der Waals surface area contributed by atoms with Gasteiger partial charge in [0.15, 0.2) is 0 Å². The van der Waals surface area contributed by atoms with Gasteiger partial charge in [-0.05, 0) is 28.5 Å². The normalized spacial score (nSPS) is 11.9. The predicted molar refractivity (Wildman–Crippen MR) is 113 cm³/mol. The van der Waals surface area contributed by atoms with E-state index < -0.39 is 12.0 Å². The Bertz CT molecular complexity index is 1200. The molecule has 1 atom stereocenters. The summed E-state index contributed by atoms with van der Waals surface area (Å²) in [4.78, 5) is 29.6. The number of benzene rings is 3. The molecule has 4 aromatic rings. The Morgan fingerprint density at radius 2 is 1.69 bits per heavy atom. The Hall–Kier alpha value is -3.73. The summed E-state index contributed by atoms with van der Waals surface area (Å²) in [5.41, 5.74) is 1.97. The zero-order valence-electron chi connectivity index (χ0n) is 16.0. The summed E-state index contributed by atoms with van der Waals surface area (Å²) in [5.74, 6) is -0.842. The smallest absolute Gasteiger partial charge is 0.328 e. The van der Waals surface area contributed by atoms with Gasteiger partial charge in [0.25, 0.3) is 5.91 Å². The van der Waals surface area contributed by atoms with Gasteiger partial charge in [0, 0.05) is 18.0 Å². The van der Waals surface area contributed by atoms with Crippen molar-refractivity contribution >= 4 is 33.6 Å². The fourth-order valence-corrected chi connectivity index (χ4v) is 3.46. The summed E-state index contributed by atoms with van der Waals surface area (Å²) in [5, 5.41) is 5.89. The maximum atomic E-state index is 12.9. The van der Waals surface area contributed by atoms with Gasteiger partial charge in [-0.15, -0.1) is 0 Å². The largest absolute Gasteiger partial charge is 0.467 e. The third kappa shape index (κ3) is 3.94. The average Bonchev–Trinajstić information content (AvgIpc) is 2.77. The first-order valence-corrected chi connectivity index (χ1v) is 9.36. The Morgan fingerprint density at radius 3 is 2.52 bits per heavy atom. The number of aromatic nitrogens is 1. The molecule has 4 rings (SSSR count). The van der Waals surface area contributed by atoms with Crippen LogP contribution in [0.4, 0.5) is 0 Å². The van der Waals surface area contributed by atoms with E-state index in [1.165, 1.54) is 7.11 Å². The lowest BCUT2D eigenvalue weighted by atomic mass is 10.0. The summed E-state index contributed by atoms with van der Waals surface area (Å²) in [6.07, 6.45) is 1.98. The first-order valence-electron chi connectivity index (χ1n) is 9.36. The SMILES string of the molecule is COC(=O)[C@@H](Cc1ccc2ccccc2c1)NC(=O)c1cccc2cccnc12. The van der Waals surface area contributed by atoms with Crippen LogP contribution in [-0.4, -0.2) is 30.0 Å². The van der Waals surface area contributed by atoms with E-state index in [0.717, 1.165) is 21.7 Å². The first-order chi connectivity index (χ1) is 14.2. The van der Waals surface area contributed by atoms with Crippen molar-refractivity contribution in [2.75, 3.05) is 7.11 Å². The number of rotatable bonds is 5. The van der Waals surface area contributed by atoms with Crippen molar-refractivity contribution in [2.24, 2.45) is 0 Å². The minimum absolute atomic E-state index is 0.335. The Morgan fingerprint density at radius 1 is 0.931 bits per heavy atom. The molecule has 0 saturated carbocycles. The van der Waals surface area contributed by atoms with Crippen LogP contribution in [0.1, 0.15) is 15.9 Å². The van der Waals surface area contributed by atoms with Gasteiger partial charge in [-0.25, -0.2) is 4.79 Å². The van der Waals surface area contributed by atoms with Crippen LogP contribution in [0.3, 0.4) is 0 Å². The molecule has 1 N–H and O–H groups in total. The lowest BCUT2D eigenvalue weighted by Crippen LogP contribution is -2.43. The molecule has 1 aromatic heterocycles. The number of hydrogen-bond donors (Lipinski definition) is 1. The molecule has 1 amide bonds. The highest BCUT2D eigenvalue weighted by atomic mass is 16.5. The number of amides is 1. The molecule has 0 saturated heterocycles. The highest BCUT2D eigenvalue weighted by Gasteiger charge is 2.23. The van der Waals surface area contributed by atoms with Gasteiger partial charge in [-0.1, -0.05) is 60.7 Å². The molecular formula is C24H20N2O3. The Labute approximate surface area is 168 Å². The number of methoxy groups -OCH3 is 1. The second-order valence-electron chi connectivity index (χ2n) is 6.82. The van der Waals surface area contributed by atoms with Crippen LogP contribution < -0.4 is 5.32 Å². The van der Waals surface area contributed by atoms with Gasteiger partial charge in [0.05, 0.1) is 18.2 Å². The van der Waals surface area contributed by atoms with Crippen molar-refractivity contribution < 1.29 is 14.3 Å². The Balaban J connectivity index is 1.61. The second-order valence-corrected chi connectivity index (χ2v) is 6.82. The van der Waals surface area contributed by atoms with Gasteiger partial charge < -0.3 is 10.1 Å². The van der Waals surface area contributed by atoms with Crippen molar-refractivity contribution in [1.82, 2.24) is 10.3 Å². The predicted octanol–water partition coefficient (Wildman–Crippen LogP) is 3.90. The van der Waals surface area contributed by atoms with Crippen LogP contribution in [0.2, 0.25) is 0 Å². The van der Waals surface area contributed by atoms with E-state index >= 15 is 0 Å². The number of para-hydroxylation sites is 1. The minimum atomic E-state index is -0.798. The number of fused-ring (bicyclic) bond motifs is 2. The lowest BCUT2D eigenvalue weighted by molar-refractivity contribution is -0.142. The fraction of sp³-hybridized carbons (Fsp3) is 0.125. The highest BCUT2D eigenvalue weighted by molar-refractivity contribution is 6.06. The van der Waals surface area contributed by atoms with E-state index in [2.05, 4.69) is 10.3 Å². The van der Waals surface area contributed by atoms with E-state index in [1.807, 2.05) is 60.7 Å². The standard InChI is InChI=1S/C24H20N2O3/c1-29-24(28)21(15-16-11-12-17-6-2-3-7-19(17)14-16)26-23(27)20-10-4-8-18-9-5-13-25-22(18)20/h2-14,21H,15H2,1H3,(H,26,27)/t21-/m1/s1. The fourth-order valence-electron chi connectivity index (χ4n) is 3.46. The molecule has 0 aliphatic rings.